The summed E-state index contributed by atoms with van der Waals surface area (Å²) >= 11 is 2.92. The fourth-order valence-corrected chi connectivity index (χ4v) is 5.62. The Labute approximate surface area is 204 Å². The van der Waals surface area contributed by atoms with Crippen molar-refractivity contribution in [2.75, 3.05) is 20.3 Å². The van der Waals surface area contributed by atoms with Crippen LogP contribution in [-0.4, -0.2) is 46.2 Å². The van der Waals surface area contributed by atoms with Crippen molar-refractivity contribution in [1.29, 1.82) is 0 Å². The molecule has 0 saturated carbocycles. The van der Waals surface area contributed by atoms with E-state index < -0.39 is 5.97 Å². The molecule has 0 aromatic carbocycles. The molecule has 0 bridgehead atoms. The van der Waals surface area contributed by atoms with E-state index in [4.69, 9.17) is 9.47 Å². The van der Waals surface area contributed by atoms with Crippen LogP contribution < -0.4 is 5.56 Å². The molecule has 4 aromatic heterocycles. The average Bonchev–Trinajstić information content (AvgIpc) is 3.55. The van der Waals surface area contributed by atoms with Gasteiger partial charge in [-0.1, -0.05) is 6.07 Å². The molecule has 4 aromatic rings. The highest BCUT2D eigenvalue weighted by Gasteiger charge is 2.19. The number of methoxy groups -OCH3 is 1. The molecule has 10 heteroatoms. The number of aromatic nitrogens is 3. The Morgan fingerprint density at radius 2 is 2.03 bits per heavy atom. The highest BCUT2D eigenvalue weighted by Crippen LogP contribution is 2.33. The lowest BCUT2D eigenvalue weighted by Crippen LogP contribution is -2.26. The van der Waals surface area contributed by atoms with Gasteiger partial charge in [-0.05, 0) is 37.8 Å². The maximum atomic E-state index is 13.0. The lowest BCUT2D eigenvalue weighted by atomic mass is 10.1. The maximum absolute atomic E-state index is 13.0. The van der Waals surface area contributed by atoms with Crippen molar-refractivity contribution >= 4 is 44.6 Å². The molecule has 0 unspecified atom stereocenters. The molecule has 0 aliphatic carbocycles. The Hall–Kier alpha value is -3.08. The second kappa shape index (κ2) is 10.5. The van der Waals surface area contributed by atoms with E-state index in [0.29, 0.717) is 22.4 Å². The van der Waals surface area contributed by atoms with Gasteiger partial charge in [0.2, 0.25) is 5.78 Å². The van der Waals surface area contributed by atoms with Crippen LogP contribution in [0.3, 0.4) is 0 Å². The van der Waals surface area contributed by atoms with Crippen LogP contribution in [0.15, 0.2) is 40.1 Å². The first-order valence-corrected chi connectivity index (χ1v) is 12.5. The summed E-state index contributed by atoms with van der Waals surface area (Å²) in [6.07, 6.45) is 2.18. The largest absolute Gasteiger partial charge is 0.456 e. The number of carbonyl (C=O) groups is 2. The van der Waals surface area contributed by atoms with Crippen LogP contribution in [0, 0.1) is 13.8 Å². The van der Waals surface area contributed by atoms with Gasteiger partial charge in [-0.25, -0.2) is 4.98 Å². The van der Waals surface area contributed by atoms with Gasteiger partial charge in [0, 0.05) is 53.0 Å². The van der Waals surface area contributed by atoms with Crippen molar-refractivity contribution in [2.24, 2.45) is 0 Å². The molecular formula is C24H25N3O5S2. The number of thiophene rings is 2. The summed E-state index contributed by atoms with van der Waals surface area (Å²) in [7, 11) is 1.66. The molecule has 34 heavy (non-hydrogen) atoms. The van der Waals surface area contributed by atoms with Crippen LogP contribution in [0.4, 0.5) is 0 Å². The van der Waals surface area contributed by atoms with E-state index >= 15 is 0 Å². The molecule has 0 aliphatic heterocycles. The number of ether oxygens (including phenoxy) is 2. The van der Waals surface area contributed by atoms with Crippen LogP contribution in [0.25, 0.3) is 20.7 Å². The van der Waals surface area contributed by atoms with Gasteiger partial charge in [-0.2, -0.15) is 0 Å². The van der Waals surface area contributed by atoms with E-state index in [-0.39, 0.29) is 24.5 Å². The summed E-state index contributed by atoms with van der Waals surface area (Å²) in [5, 5.41) is 4.33. The number of rotatable bonds is 10. The van der Waals surface area contributed by atoms with Crippen LogP contribution in [0.2, 0.25) is 0 Å². The van der Waals surface area contributed by atoms with Crippen molar-refractivity contribution in [3.8, 4) is 10.4 Å². The lowest BCUT2D eigenvalue weighted by molar-refractivity contribution is -0.143. The Morgan fingerprint density at radius 3 is 2.76 bits per heavy atom. The van der Waals surface area contributed by atoms with Crippen LogP contribution in [0.1, 0.15) is 28.2 Å². The predicted octanol–water partition coefficient (Wildman–Crippen LogP) is 4.07. The van der Waals surface area contributed by atoms with Crippen LogP contribution >= 0.6 is 22.7 Å². The van der Waals surface area contributed by atoms with E-state index in [9.17, 15) is 14.4 Å². The molecule has 0 aliphatic rings. The number of fused-ring (bicyclic) bond motifs is 1. The van der Waals surface area contributed by atoms with Crippen LogP contribution in [0.5, 0.6) is 0 Å². The van der Waals surface area contributed by atoms with E-state index in [1.54, 1.807) is 7.11 Å². The standard InChI is InChI=1S/C24H25N3O5S2/c1-15-10-17(16(2)27(15)7-5-8-31-3)19(28)12-32-21(29)11-26-14-25-23-22(24(26)30)18(13-34-23)20-6-4-9-33-20/h4,6,9-10,13-14H,5,7-8,11-12H2,1-3H3. The molecule has 0 spiro atoms. The first-order valence-electron chi connectivity index (χ1n) is 10.8. The van der Waals surface area contributed by atoms with E-state index in [0.717, 1.165) is 34.8 Å². The fraction of sp³-hybridized carbons (Fsp3) is 0.333. The molecule has 178 valence electrons. The number of esters is 1. The maximum Gasteiger partial charge on any atom is 0.326 e. The van der Waals surface area contributed by atoms with Crippen molar-refractivity contribution in [3.63, 3.8) is 0 Å². The summed E-state index contributed by atoms with van der Waals surface area (Å²) in [5.74, 6) is -0.948. The second-order valence-corrected chi connectivity index (χ2v) is 9.66. The first kappa shape index (κ1) is 24.1. The first-order chi connectivity index (χ1) is 16.4. The molecular weight excluding hydrogens is 474 g/mol. The van der Waals surface area contributed by atoms with Crippen molar-refractivity contribution in [3.05, 3.63) is 62.6 Å². The monoisotopic (exact) mass is 499 g/mol. The van der Waals surface area contributed by atoms with Crippen molar-refractivity contribution < 1.29 is 19.1 Å². The topological polar surface area (TPSA) is 92.4 Å². The minimum absolute atomic E-state index is 0.279. The Bertz CT molecular complexity index is 1380. The minimum Gasteiger partial charge on any atom is -0.456 e. The highest BCUT2D eigenvalue weighted by atomic mass is 32.1. The third kappa shape index (κ3) is 4.89. The molecule has 4 heterocycles. The quantitative estimate of drug-likeness (QED) is 0.186. The predicted molar refractivity (Wildman–Crippen MR) is 133 cm³/mol. The number of carbonyl (C=O) groups excluding carboxylic acids is 2. The molecule has 0 amide bonds. The third-order valence-corrected chi connectivity index (χ3v) is 7.40. The summed E-state index contributed by atoms with van der Waals surface area (Å²) < 4.78 is 13.6. The molecule has 0 fully saturated rings. The van der Waals surface area contributed by atoms with Gasteiger partial charge < -0.3 is 14.0 Å². The summed E-state index contributed by atoms with van der Waals surface area (Å²) in [4.78, 5) is 44.1. The van der Waals surface area contributed by atoms with Crippen molar-refractivity contribution in [2.45, 2.75) is 33.4 Å². The summed E-state index contributed by atoms with van der Waals surface area (Å²) in [5.41, 5.74) is 2.83. The Kier molecular flexibility index (Phi) is 7.40. The van der Waals surface area contributed by atoms with E-state index in [1.807, 2.05) is 42.8 Å². The van der Waals surface area contributed by atoms with Gasteiger partial charge in [0.05, 0.1) is 11.7 Å². The van der Waals surface area contributed by atoms with Crippen LogP contribution in [-0.2, 0) is 27.4 Å². The third-order valence-electron chi connectivity index (χ3n) is 5.62. The number of hydrogen-bond donors (Lipinski definition) is 0. The number of aryl methyl sites for hydroxylation is 1. The molecule has 0 N–H and O–H groups in total. The van der Waals surface area contributed by atoms with E-state index in [2.05, 4.69) is 9.55 Å². The number of Topliss-reactive ketones (excluding diaryl/α,β-unsaturated/α-hetero) is 1. The molecule has 0 saturated heterocycles. The van der Waals surface area contributed by atoms with Crippen molar-refractivity contribution in [1.82, 2.24) is 14.1 Å². The summed E-state index contributed by atoms with van der Waals surface area (Å²) in [6, 6.07) is 5.67. The van der Waals surface area contributed by atoms with Gasteiger partial charge in [-0.3, -0.25) is 19.0 Å². The summed E-state index contributed by atoms with van der Waals surface area (Å²) in [6.45, 7) is 4.49. The molecule has 8 nitrogen and oxygen atoms in total. The highest BCUT2D eigenvalue weighted by molar-refractivity contribution is 7.18. The van der Waals surface area contributed by atoms with Gasteiger partial charge in [-0.15, -0.1) is 22.7 Å². The SMILES string of the molecule is COCCCn1c(C)cc(C(=O)COC(=O)Cn2cnc3scc(-c4cccs4)c3c2=O)c1C. The molecule has 4 rings (SSSR count). The lowest BCUT2D eigenvalue weighted by Gasteiger charge is -2.09. The fourth-order valence-electron chi connectivity index (χ4n) is 3.90. The van der Waals surface area contributed by atoms with Gasteiger partial charge in [0.15, 0.2) is 6.61 Å². The van der Waals surface area contributed by atoms with E-state index in [1.165, 1.54) is 33.6 Å². The Morgan fingerprint density at radius 1 is 1.21 bits per heavy atom. The Balaban J connectivity index is 1.43. The second-order valence-electron chi connectivity index (χ2n) is 7.85. The number of ketones is 1. The van der Waals surface area contributed by atoms with Gasteiger partial charge in [0.25, 0.3) is 5.56 Å². The molecule has 0 radical (unpaired) electrons. The zero-order chi connectivity index (χ0) is 24.2. The number of nitrogens with zero attached hydrogens (tertiary/aromatic N) is 3. The number of hydrogen-bond acceptors (Lipinski definition) is 8. The average molecular weight is 500 g/mol. The normalized spacial score (nSPS) is 11.3. The zero-order valence-corrected chi connectivity index (χ0v) is 20.8. The zero-order valence-electron chi connectivity index (χ0n) is 19.2. The van der Waals surface area contributed by atoms with Gasteiger partial charge >= 0.3 is 5.97 Å². The van der Waals surface area contributed by atoms with Gasteiger partial charge in [0.1, 0.15) is 11.4 Å². The minimum atomic E-state index is -0.668. The smallest absolute Gasteiger partial charge is 0.326 e. The molecule has 0 atom stereocenters.